The zero-order valence-corrected chi connectivity index (χ0v) is 12.9. The van der Waals surface area contributed by atoms with E-state index in [-0.39, 0.29) is 0 Å². The van der Waals surface area contributed by atoms with Crippen LogP contribution in [0.2, 0.25) is 5.02 Å². The molecule has 110 valence electrons. The minimum absolute atomic E-state index is 0.358. The van der Waals surface area contributed by atoms with Gasteiger partial charge in [0.15, 0.2) is 0 Å². The van der Waals surface area contributed by atoms with Crippen molar-refractivity contribution in [3.8, 4) is 0 Å². The number of sulfonamides is 1. The van der Waals surface area contributed by atoms with Crippen LogP contribution in [0, 0.1) is 0 Å². The molecule has 2 fully saturated rings. The van der Waals surface area contributed by atoms with Gasteiger partial charge in [-0.2, -0.15) is 4.31 Å². The topological polar surface area (TPSA) is 49.4 Å². The Kier molecular flexibility index (Phi) is 4.04. The molecule has 1 saturated heterocycles. The Hall–Kier alpha value is -0.620. The van der Waals surface area contributed by atoms with Crippen LogP contribution in [-0.4, -0.2) is 31.9 Å². The van der Waals surface area contributed by atoms with E-state index in [0.717, 1.165) is 18.4 Å². The van der Waals surface area contributed by atoms with Crippen molar-refractivity contribution in [2.24, 2.45) is 0 Å². The second kappa shape index (κ2) is 5.64. The first kappa shape index (κ1) is 14.3. The highest BCUT2D eigenvalue weighted by molar-refractivity contribution is 7.89. The van der Waals surface area contributed by atoms with E-state index < -0.39 is 10.0 Å². The van der Waals surface area contributed by atoms with Crippen molar-refractivity contribution in [3.05, 3.63) is 28.8 Å². The zero-order valence-electron chi connectivity index (χ0n) is 11.3. The van der Waals surface area contributed by atoms with E-state index in [1.165, 1.54) is 12.8 Å². The van der Waals surface area contributed by atoms with E-state index in [0.29, 0.717) is 35.6 Å². The van der Waals surface area contributed by atoms with Crippen LogP contribution >= 0.6 is 11.6 Å². The van der Waals surface area contributed by atoms with Crippen LogP contribution in [0.4, 0.5) is 0 Å². The molecule has 1 aliphatic heterocycles. The lowest BCUT2D eigenvalue weighted by atomic mass is 10.2. The number of hydrogen-bond acceptors (Lipinski definition) is 3. The zero-order chi connectivity index (χ0) is 14.2. The first-order chi connectivity index (χ1) is 9.57. The van der Waals surface area contributed by atoms with Gasteiger partial charge in [0.05, 0.1) is 4.90 Å². The molecule has 0 unspecified atom stereocenters. The van der Waals surface area contributed by atoms with Crippen LogP contribution in [0.3, 0.4) is 0 Å². The maximum absolute atomic E-state index is 12.5. The van der Waals surface area contributed by atoms with Crippen LogP contribution in [0.25, 0.3) is 0 Å². The van der Waals surface area contributed by atoms with Gasteiger partial charge in [-0.05, 0) is 49.4 Å². The van der Waals surface area contributed by atoms with Crippen LogP contribution in [-0.2, 0) is 16.6 Å². The molecule has 0 bridgehead atoms. The van der Waals surface area contributed by atoms with Gasteiger partial charge in [-0.15, -0.1) is 0 Å². The van der Waals surface area contributed by atoms with Gasteiger partial charge in [-0.25, -0.2) is 8.42 Å². The molecule has 1 N–H and O–H groups in total. The highest BCUT2D eigenvalue weighted by Gasteiger charge is 2.28. The van der Waals surface area contributed by atoms with Gasteiger partial charge in [-0.1, -0.05) is 11.6 Å². The summed E-state index contributed by atoms with van der Waals surface area (Å²) in [6.07, 6.45) is 4.29. The molecular formula is C14H19ClN2O2S. The van der Waals surface area contributed by atoms with Crippen LogP contribution in [0.1, 0.15) is 31.2 Å². The monoisotopic (exact) mass is 314 g/mol. The fourth-order valence-corrected chi connectivity index (χ4v) is 4.22. The summed E-state index contributed by atoms with van der Waals surface area (Å²) in [5, 5.41) is 3.99. The lowest BCUT2D eigenvalue weighted by Crippen LogP contribution is -2.28. The third-order valence-corrected chi connectivity index (χ3v) is 6.14. The Morgan fingerprint density at radius 3 is 2.60 bits per heavy atom. The first-order valence-corrected chi connectivity index (χ1v) is 8.91. The molecule has 20 heavy (non-hydrogen) atoms. The second-order valence-electron chi connectivity index (χ2n) is 5.52. The molecule has 1 saturated carbocycles. The fourth-order valence-electron chi connectivity index (χ4n) is 2.47. The average Bonchev–Trinajstić information content (AvgIpc) is 3.08. The Labute approximate surface area is 125 Å². The minimum atomic E-state index is -3.35. The van der Waals surface area contributed by atoms with Crippen molar-refractivity contribution in [1.29, 1.82) is 0 Å². The maximum Gasteiger partial charge on any atom is 0.243 e. The molecule has 1 aliphatic carbocycles. The number of rotatable bonds is 5. The lowest BCUT2D eigenvalue weighted by molar-refractivity contribution is 0.477. The predicted molar refractivity (Wildman–Crippen MR) is 79.3 cm³/mol. The van der Waals surface area contributed by atoms with Crippen molar-refractivity contribution in [2.45, 2.75) is 43.2 Å². The molecule has 1 aromatic rings. The summed E-state index contributed by atoms with van der Waals surface area (Å²) < 4.78 is 26.6. The quantitative estimate of drug-likeness (QED) is 0.908. The van der Waals surface area contributed by atoms with E-state index in [9.17, 15) is 8.42 Å². The minimum Gasteiger partial charge on any atom is -0.310 e. The number of benzene rings is 1. The molecule has 1 heterocycles. The highest BCUT2D eigenvalue weighted by atomic mass is 35.5. The summed E-state index contributed by atoms with van der Waals surface area (Å²) >= 11 is 6.16. The Bertz CT molecular complexity index is 593. The van der Waals surface area contributed by atoms with Crippen LogP contribution in [0.15, 0.2) is 23.1 Å². The molecular weight excluding hydrogens is 296 g/mol. The molecule has 0 radical (unpaired) electrons. The lowest BCUT2D eigenvalue weighted by Gasteiger charge is -2.16. The molecule has 2 aliphatic rings. The number of hydrogen-bond donors (Lipinski definition) is 1. The van der Waals surface area contributed by atoms with E-state index >= 15 is 0 Å². The number of halogens is 1. The smallest absolute Gasteiger partial charge is 0.243 e. The molecule has 0 aromatic heterocycles. The summed E-state index contributed by atoms with van der Waals surface area (Å²) in [5.74, 6) is 0. The summed E-state index contributed by atoms with van der Waals surface area (Å²) in [5.41, 5.74) is 0.860. The average molecular weight is 315 g/mol. The van der Waals surface area contributed by atoms with Gasteiger partial charge in [0, 0.05) is 30.7 Å². The van der Waals surface area contributed by atoms with Gasteiger partial charge >= 0.3 is 0 Å². The number of nitrogens with zero attached hydrogens (tertiary/aromatic N) is 1. The van der Waals surface area contributed by atoms with E-state index in [1.807, 2.05) is 0 Å². The standard InChI is InChI=1S/C14H19ClN2O2S/c15-14-6-5-13(9-11(14)10-16-12-3-4-12)20(18,19)17-7-1-2-8-17/h5-6,9,12,16H,1-4,7-8,10H2. The fraction of sp³-hybridized carbons (Fsp3) is 0.571. The van der Waals surface area contributed by atoms with Gasteiger partial charge in [0.25, 0.3) is 0 Å². The second-order valence-corrected chi connectivity index (χ2v) is 7.86. The molecule has 3 rings (SSSR count). The van der Waals surface area contributed by atoms with E-state index in [1.54, 1.807) is 22.5 Å². The number of nitrogens with one attached hydrogen (secondary N) is 1. The molecule has 4 nitrogen and oxygen atoms in total. The molecule has 0 amide bonds. The molecule has 0 spiro atoms. The third-order valence-electron chi connectivity index (χ3n) is 3.88. The van der Waals surface area contributed by atoms with Gasteiger partial charge in [-0.3, -0.25) is 0 Å². The van der Waals surface area contributed by atoms with Gasteiger partial charge < -0.3 is 5.32 Å². The highest BCUT2D eigenvalue weighted by Crippen LogP contribution is 2.26. The van der Waals surface area contributed by atoms with Crippen LogP contribution in [0.5, 0.6) is 0 Å². The Balaban J connectivity index is 1.83. The SMILES string of the molecule is O=S(=O)(c1ccc(Cl)c(CNC2CC2)c1)N1CCCC1. The first-order valence-electron chi connectivity index (χ1n) is 7.09. The summed E-state index contributed by atoms with van der Waals surface area (Å²) in [7, 11) is -3.35. The van der Waals surface area contributed by atoms with Crippen molar-refractivity contribution in [1.82, 2.24) is 9.62 Å². The predicted octanol–water partition coefficient (Wildman–Crippen LogP) is 2.38. The molecule has 0 atom stereocenters. The van der Waals surface area contributed by atoms with Crippen molar-refractivity contribution < 1.29 is 8.42 Å². The Morgan fingerprint density at radius 1 is 1.25 bits per heavy atom. The van der Waals surface area contributed by atoms with Crippen molar-refractivity contribution in [3.63, 3.8) is 0 Å². The Morgan fingerprint density at radius 2 is 1.95 bits per heavy atom. The largest absolute Gasteiger partial charge is 0.310 e. The van der Waals surface area contributed by atoms with Crippen molar-refractivity contribution >= 4 is 21.6 Å². The maximum atomic E-state index is 12.5. The summed E-state index contributed by atoms with van der Waals surface area (Å²) in [6.45, 7) is 1.88. The molecule has 6 heteroatoms. The third kappa shape index (κ3) is 3.01. The van der Waals surface area contributed by atoms with E-state index in [2.05, 4.69) is 5.32 Å². The normalized spacial score (nSPS) is 20.4. The van der Waals surface area contributed by atoms with E-state index in [4.69, 9.17) is 11.6 Å². The molecule has 1 aromatic carbocycles. The summed E-state index contributed by atoms with van der Waals surface area (Å²) in [4.78, 5) is 0.358. The van der Waals surface area contributed by atoms with Crippen molar-refractivity contribution in [2.75, 3.05) is 13.1 Å². The van der Waals surface area contributed by atoms with Gasteiger partial charge in [0.1, 0.15) is 0 Å². The summed E-state index contributed by atoms with van der Waals surface area (Å²) in [6, 6.07) is 5.58. The van der Waals surface area contributed by atoms with Gasteiger partial charge in [0.2, 0.25) is 10.0 Å². The van der Waals surface area contributed by atoms with Crippen LogP contribution < -0.4 is 5.32 Å².